The fourth-order valence-corrected chi connectivity index (χ4v) is 2.29. The van der Waals surface area contributed by atoms with Crippen LogP contribution in [0.1, 0.15) is 29.4 Å². The van der Waals surface area contributed by atoms with Crippen LogP contribution in [0, 0.1) is 6.92 Å². The van der Waals surface area contributed by atoms with Crippen LogP contribution in [0.3, 0.4) is 0 Å². The molecule has 2 aromatic rings. The van der Waals surface area contributed by atoms with Crippen molar-refractivity contribution in [3.8, 4) is 0 Å². The molecule has 0 spiro atoms. The van der Waals surface area contributed by atoms with Gasteiger partial charge < -0.3 is 15.4 Å². The Hall–Kier alpha value is -2.56. The molecule has 1 atom stereocenters. The van der Waals surface area contributed by atoms with Crippen LogP contribution in [-0.4, -0.2) is 28.0 Å². The van der Waals surface area contributed by atoms with Gasteiger partial charge in [-0.1, -0.05) is 30.4 Å². The van der Waals surface area contributed by atoms with Crippen molar-refractivity contribution >= 4 is 22.8 Å². The number of hydrogen-bond donors (Lipinski definition) is 3. The van der Waals surface area contributed by atoms with Gasteiger partial charge >= 0.3 is 5.97 Å². The Kier molecular flexibility index (Phi) is 4.42. The average Bonchev–Trinajstić information content (AvgIpc) is 2.78. The summed E-state index contributed by atoms with van der Waals surface area (Å²) in [7, 11) is 0. The van der Waals surface area contributed by atoms with E-state index in [9.17, 15) is 14.7 Å². The number of aromatic amines is 1. The predicted molar refractivity (Wildman–Crippen MR) is 81.4 cm³/mol. The first kappa shape index (κ1) is 14.8. The summed E-state index contributed by atoms with van der Waals surface area (Å²) in [5, 5.41) is 12.5. The molecule has 110 valence electrons. The summed E-state index contributed by atoms with van der Waals surface area (Å²) in [6, 6.07) is 6.53. The molecule has 0 aliphatic heterocycles. The second-order valence-electron chi connectivity index (χ2n) is 4.84. The number of carboxylic acid groups (broad SMARTS) is 1. The molecular weight excluding hydrogens is 268 g/mol. The number of carbonyl (C=O) groups excluding carboxylic acids is 1. The second-order valence-corrected chi connectivity index (χ2v) is 4.84. The van der Waals surface area contributed by atoms with E-state index in [0.717, 1.165) is 16.6 Å². The quantitative estimate of drug-likeness (QED) is 0.739. The van der Waals surface area contributed by atoms with E-state index in [2.05, 4.69) is 10.3 Å². The Morgan fingerprint density at radius 3 is 2.76 bits per heavy atom. The van der Waals surface area contributed by atoms with Gasteiger partial charge in [-0.3, -0.25) is 4.79 Å². The van der Waals surface area contributed by atoms with Crippen LogP contribution in [0.25, 0.3) is 10.9 Å². The lowest BCUT2D eigenvalue weighted by molar-refractivity contribution is -0.139. The van der Waals surface area contributed by atoms with Crippen LogP contribution < -0.4 is 5.32 Å². The van der Waals surface area contributed by atoms with Crippen molar-refractivity contribution < 1.29 is 14.7 Å². The van der Waals surface area contributed by atoms with Crippen LogP contribution in [0.2, 0.25) is 0 Å². The number of fused-ring (bicyclic) bond motifs is 1. The average molecular weight is 286 g/mol. The highest BCUT2D eigenvalue weighted by atomic mass is 16.4. The third kappa shape index (κ3) is 3.13. The molecular formula is C16H18N2O3. The summed E-state index contributed by atoms with van der Waals surface area (Å²) in [6.07, 6.45) is 3.75. The van der Waals surface area contributed by atoms with Crippen LogP contribution >= 0.6 is 0 Å². The minimum atomic E-state index is -1.04. The molecule has 1 heterocycles. The van der Waals surface area contributed by atoms with E-state index >= 15 is 0 Å². The topological polar surface area (TPSA) is 82.2 Å². The zero-order valence-electron chi connectivity index (χ0n) is 12.0. The fourth-order valence-electron chi connectivity index (χ4n) is 2.29. The number of aromatic nitrogens is 1. The van der Waals surface area contributed by atoms with Crippen LogP contribution in [0.5, 0.6) is 0 Å². The van der Waals surface area contributed by atoms with Gasteiger partial charge in [0, 0.05) is 16.6 Å². The van der Waals surface area contributed by atoms with Crippen molar-refractivity contribution in [3.63, 3.8) is 0 Å². The van der Waals surface area contributed by atoms with Gasteiger partial charge in [0.25, 0.3) is 5.91 Å². The second kappa shape index (κ2) is 6.26. The number of rotatable bonds is 5. The molecule has 0 radical (unpaired) electrons. The van der Waals surface area contributed by atoms with E-state index in [0.29, 0.717) is 5.56 Å². The minimum absolute atomic E-state index is 0.263. The van der Waals surface area contributed by atoms with Gasteiger partial charge in [0.2, 0.25) is 0 Å². The molecule has 3 N–H and O–H groups in total. The number of aryl methyl sites for hydroxylation is 1. The van der Waals surface area contributed by atoms with Crippen molar-refractivity contribution in [2.75, 3.05) is 0 Å². The zero-order chi connectivity index (χ0) is 15.4. The van der Waals surface area contributed by atoms with Crippen molar-refractivity contribution in [1.29, 1.82) is 0 Å². The van der Waals surface area contributed by atoms with E-state index in [1.54, 1.807) is 19.1 Å². The maximum Gasteiger partial charge on any atom is 0.326 e. The standard InChI is InChI=1S/C16H18N2O3/c1-3-4-8-13(16(20)21)18-15(19)14-10(2)17-12-9-6-5-7-11(12)14/h3-7,9,13,17H,8H2,1-2H3,(H,18,19)(H,20,21)/b4-3+. The number of hydrogen-bond acceptors (Lipinski definition) is 2. The van der Waals surface area contributed by atoms with Gasteiger partial charge in [-0.05, 0) is 26.3 Å². The maximum atomic E-state index is 12.4. The first-order valence-electron chi connectivity index (χ1n) is 6.76. The van der Waals surface area contributed by atoms with Gasteiger partial charge in [0.05, 0.1) is 5.56 Å². The molecule has 2 rings (SSSR count). The highest BCUT2D eigenvalue weighted by Crippen LogP contribution is 2.21. The molecule has 21 heavy (non-hydrogen) atoms. The van der Waals surface area contributed by atoms with Gasteiger partial charge in [-0.15, -0.1) is 0 Å². The summed E-state index contributed by atoms with van der Waals surface area (Å²) in [4.78, 5) is 26.7. The van der Waals surface area contributed by atoms with Gasteiger partial charge in [0.15, 0.2) is 0 Å². The number of nitrogens with one attached hydrogen (secondary N) is 2. The number of carbonyl (C=O) groups is 2. The molecule has 5 heteroatoms. The number of allylic oxidation sites excluding steroid dienone is 1. The number of benzene rings is 1. The van der Waals surface area contributed by atoms with Crippen molar-refractivity contribution in [2.45, 2.75) is 26.3 Å². The molecule has 5 nitrogen and oxygen atoms in total. The molecule has 1 aromatic carbocycles. The Balaban J connectivity index is 2.29. The van der Waals surface area contributed by atoms with E-state index in [-0.39, 0.29) is 12.3 Å². The van der Waals surface area contributed by atoms with Crippen LogP contribution in [-0.2, 0) is 4.79 Å². The lowest BCUT2D eigenvalue weighted by Gasteiger charge is -2.12. The third-order valence-corrected chi connectivity index (χ3v) is 3.33. The largest absolute Gasteiger partial charge is 0.480 e. The first-order valence-corrected chi connectivity index (χ1v) is 6.76. The number of H-pyrrole nitrogens is 1. The Bertz CT molecular complexity index is 701. The smallest absolute Gasteiger partial charge is 0.326 e. The number of para-hydroxylation sites is 1. The minimum Gasteiger partial charge on any atom is -0.480 e. The Labute approximate surface area is 122 Å². The van der Waals surface area contributed by atoms with E-state index in [4.69, 9.17) is 0 Å². The summed E-state index contributed by atoms with van der Waals surface area (Å²) < 4.78 is 0. The number of carboxylic acids is 1. The lowest BCUT2D eigenvalue weighted by atomic mass is 10.1. The van der Waals surface area contributed by atoms with E-state index in [1.807, 2.05) is 31.2 Å². The molecule has 1 aromatic heterocycles. The van der Waals surface area contributed by atoms with Crippen LogP contribution in [0.15, 0.2) is 36.4 Å². The monoisotopic (exact) mass is 286 g/mol. The molecule has 0 fully saturated rings. The van der Waals surface area contributed by atoms with Crippen molar-refractivity contribution in [2.24, 2.45) is 0 Å². The van der Waals surface area contributed by atoms with Gasteiger partial charge in [0.1, 0.15) is 6.04 Å². The summed E-state index contributed by atoms with van der Waals surface area (Å²) >= 11 is 0. The molecule has 0 saturated heterocycles. The van der Waals surface area contributed by atoms with Crippen LogP contribution in [0.4, 0.5) is 0 Å². The van der Waals surface area contributed by atoms with E-state index < -0.39 is 12.0 Å². The molecule has 0 aliphatic carbocycles. The van der Waals surface area contributed by atoms with Crippen molar-refractivity contribution in [1.82, 2.24) is 10.3 Å². The predicted octanol–water partition coefficient (Wildman–Crippen LogP) is 2.63. The third-order valence-electron chi connectivity index (χ3n) is 3.33. The van der Waals surface area contributed by atoms with Crippen molar-refractivity contribution in [3.05, 3.63) is 47.7 Å². The zero-order valence-corrected chi connectivity index (χ0v) is 12.0. The normalized spacial score (nSPS) is 12.7. The molecule has 1 amide bonds. The lowest BCUT2D eigenvalue weighted by Crippen LogP contribution is -2.40. The van der Waals surface area contributed by atoms with Gasteiger partial charge in [-0.2, -0.15) is 0 Å². The number of amides is 1. The van der Waals surface area contributed by atoms with Gasteiger partial charge in [-0.25, -0.2) is 4.79 Å². The van der Waals surface area contributed by atoms with E-state index in [1.165, 1.54) is 0 Å². The number of aliphatic carboxylic acids is 1. The molecule has 0 saturated carbocycles. The fraction of sp³-hybridized carbons (Fsp3) is 0.250. The summed E-state index contributed by atoms with van der Waals surface area (Å²) in [5.41, 5.74) is 2.08. The maximum absolute atomic E-state index is 12.4. The highest BCUT2D eigenvalue weighted by Gasteiger charge is 2.22. The Morgan fingerprint density at radius 2 is 2.10 bits per heavy atom. The molecule has 0 aliphatic rings. The SMILES string of the molecule is C/C=C/CC(NC(=O)c1c(C)[nH]c2ccccc12)C(=O)O. The molecule has 1 unspecified atom stereocenters. The first-order chi connectivity index (χ1) is 10.0. The molecule has 0 bridgehead atoms. The Morgan fingerprint density at radius 1 is 1.38 bits per heavy atom. The summed E-state index contributed by atoms with van der Waals surface area (Å²) in [6.45, 7) is 3.61. The summed E-state index contributed by atoms with van der Waals surface area (Å²) in [5.74, 6) is -1.42. The highest BCUT2D eigenvalue weighted by molar-refractivity contribution is 6.08.